The molecule has 0 saturated heterocycles. The summed E-state index contributed by atoms with van der Waals surface area (Å²) >= 11 is 0. The zero-order chi connectivity index (χ0) is 19.0. The third-order valence-corrected chi connectivity index (χ3v) is 3.83. The first-order chi connectivity index (χ1) is 12.6. The summed E-state index contributed by atoms with van der Waals surface area (Å²) in [5, 5.41) is 15.8. The highest BCUT2D eigenvalue weighted by Gasteiger charge is 2.19. The van der Waals surface area contributed by atoms with Gasteiger partial charge < -0.3 is 25.2 Å². The van der Waals surface area contributed by atoms with E-state index in [0.29, 0.717) is 19.4 Å². The molecule has 0 aliphatic carbocycles. The molecule has 10 heteroatoms. The average Bonchev–Trinajstić information content (AvgIpc) is 3.13. The largest absolute Gasteiger partial charge is 0.468 e. The van der Waals surface area contributed by atoms with Gasteiger partial charge in [0.15, 0.2) is 0 Å². The molecule has 0 aliphatic rings. The number of H-pyrrole nitrogens is 1. The summed E-state index contributed by atoms with van der Waals surface area (Å²) in [6.45, 7) is 2.64. The van der Waals surface area contributed by atoms with Crippen molar-refractivity contribution in [1.29, 1.82) is 0 Å². The van der Waals surface area contributed by atoms with Crippen molar-refractivity contribution < 1.29 is 19.5 Å². The Morgan fingerprint density at radius 2 is 2.04 bits per heavy atom. The van der Waals surface area contributed by atoms with Gasteiger partial charge in [-0.1, -0.05) is 12.8 Å². The summed E-state index contributed by atoms with van der Waals surface area (Å²) in [4.78, 5) is 33.0. The molecule has 1 aromatic heterocycles. The van der Waals surface area contributed by atoms with E-state index in [9.17, 15) is 14.9 Å². The van der Waals surface area contributed by atoms with Crippen LogP contribution in [-0.4, -0.2) is 60.4 Å². The Morgan fingerprint density at radius 3 is 2.73 bits per heavy atom. The normalized spacial score (nSPS) is 11.9. The molecule has 1 heterocycles. The van der Waals surface area contributed by atoms with Crippen LogP contribution in [0.15, 0.2) is 12.5 Å². The lowest BCUT2D eigenvalue weighted by Gasteiger charge is -2.15. The average molecular weight is 371 g/mol. The topological polar surface area (TPSA) is 131 Å². The van der Waals surface area contributed by atoms with E-state index in [4.69, 9.17) is 4.74 Å². The molecule has 3 N–H and O–H groups in total. The molecule has 148 valence electrons. The molecule has 0 spiro atoms. The SMILES string of the molecule is COC(=O)[C@H](Cc1cnc[nH]1)NCCCNCCCCCCO[N+](=O)[O-]. The minimum absolute atomic E-state index is 0.173. The van der Waals surface area contributed by atoms with E-state index < -0.39 is 5.09 Å². The smallest absolute Gasteiger partial charge is 0.323 e. The van der Waals surface area contributed by atoms with Gasteiger partial charge in [-0.05, 0) is 38.9 Å². The number of ether oxygens (including phenoxy) is 1. The number of hydrogen-bond donors (Lipinski definition) is 3. The van der Waals surface area contributed by atoms with Crippen molar-refractivity contribution in [2.75, 3.05) is 33.4 Å². The van der Waals surface area contributed by atoms with Gasteiger partial charge >= 0.3 is 5.97 Å². The highest BCUT2D eigenvalue weighted by Crippen LogP contribution is 2.01. The zero-order valence-electron chi connectivity index (χ0n) is 15.2. The lowest BCUT2D eigenvalue weighted by Crippen LogP contribution is -2.40. The van der Waals surface area contributed by atoms with Crippen molar-refractivity contribution in [3.05, 3.63) is 28.3 Å². The van der Waals surface area contributed by atoms with Crippen LogP contribution < -0.4 is 10.6 Å². The molecule has 0 amide bonds. The van der Waals surface area contributed by atoms with E-state index in [2.05, 4.69) is 25.4 Å². The van der Waals surface area contributed by atoms with Gasteiger partial charge in [0.2, 0.25) is 0 Å². The van der Waals surface area contributed by atoms with Crippen molar-refractivity contribution in [3.8, 4) is 0 Å². The van der Waals surface area contributed by atoms with Crippen LogP contribution in [0.2, 0.25) is 0 Å². The van der Waals surface area contributed by atoms with E-state index in [1.807, 2.05) is 0 Å². The number of carbonyl (C=O) groups is 1. The van der Waals surface area contributed by atoms with Gasteiger partial charge in [-0.2, -0.15) is 0 Å². The first kappa shape index (κ1) is 21.8. The Labute approximate surface area is 153 Å². The van der Waals surface area contributed by atoms with E-state index in [-0.39, 0.29) is 18.6 Å². The molecule has 0 fully saturated rings. The van der Waals surface area contributed by atoms with Crippen LogP contribution in [-0.2, 0) is 20.8 Å². The number of rotatable bonds is 16. The van der Waals surface area contributed by atoms with Gasteiger partial charge in [0.05, 0.1) is 20.0 Å². The third-order valence-electron chi connectivity index (χ3n) is 3.83. The summed E-state index contributed by atoms with van der Waals surface area (Å²) in [7, 11) is 1.38. The predicted molar refractivity (Wildman–Crippen MR) is 95.0 cm³/mol. The fraction of sp³-hybridized carbons (Fsp3) is 0.750. The quantitative estimate of drug-likeness (QED) is 0.168. The van der Waals surface area contributed by atoms with Gasteiger partial charge in [-0.3, -0.25) is 4.79 Å². The molecule has 10 nitrogen and oxygen atoms in total. The molecule has 0 radical (unpaired) electrons. The molecule has 0 unspecified atom stereocenters. The van der Waals surface area contributed by atoms with Crippen LogP contribution in [0.3, 0.4) is 0 Å². The molecular weight excluding hydrogens is 342 g/mol. The second-order valence-electron chi connectivity index (χ2n) is 5.89. The number of methoxy groups -OCH3 is 1. The number of imidazole rings is 1. The Morgan fingerprint density at radius 1 is 1.27 bits per heavy atom. The van der Waals surface area contributed by atoms with Gasteiger partial charge in [-0.25, -0.2) is 4.98 Å². The Kier molecular flexibility index (Phi) is 11.8. The summed E-state index contributed by atoms with van der Waals surface area (Å²) in [6.07, 6.45) is 8.36. The van der Waals surface area contributed by atoms with Crippen LogP contribution in [0.1, 0.15) is 37.8 Å². The van der Waals surface area contributed by atoms with Crippen LogP contribution in [0.25, 0.3) is 0 Å². The number of hydrogen-bond acceptors (Lipinski definition) is 8. The highest BCUT2D eigenvalue weighted by atomic mass is 16.9. The van der Waals surface area contributed by atoms with Crippen molar-refractivity contribution >= 4 is 5.97 Å². The Balaban J connectivity index is 1.99. The zero-order valence-corrected chi connectivity index (χ0v) is 15.2. The number of nitrogens with zero attached hydrogens (tertiary/aromatic N) is 2. The minimum atomic E-state index is -0.755. The van der Waals surface area contributed by atoms with Crippen molar-refractivity contribution in [1.82, 2.24) is 20.6 Å². The molecule has 1 aromatic rings. The molecule has 0 saturated carbocycles. The molecule has 26 heavy (non-hydrogen) atoms. The molecule has 0 aliphatic heterocycles. The lowest BCUT2D eigenvalue weighted by molar-refractivity contribution is -0.757. The van der Waals surface area contributed by atoms with Gasteiger partial charge in [0.25, 0.3) is 5.09 Å². The third kappa shape index (κ3) is 10.6. The predicted octanol–water partition coefficient (Wildman–Crippen LogP) is 0.832. The number of carbonyl (C=O) groups excluding carboxylic acids is 1. The van der Waals surface area contributed by atoms with Crippen molar-refractivity contribution in [3.63, 3.8) is 0 Å². The van der Waals surface area contributed by atoms with Gasteiger partial charge in [-0.15, -0.1) is 10.1 Å². The van der Waals surface area contributed by atoms with Crippen LogP contribution in [0.4, 0.5) is 0 Å². The van der Waals surface area contributed by atoms with Gasteiger partial charge in [0.1, 0.15) is 6.04 Å². The first-order valence-electron chi connectivity index (χ1n) is 8.90. The lowest BCUT2D eigenvalue weighted by atomic mass is 10.1. The summed E-state index contributed by atoms with van der Waals surface area (Å²) in [5.41, 5.74) is 0.884. The number of aromatic nitrogens is 2. The maximum absolute atomic E-state index is 11.8. The number of unbranched alkanes of at least 4 members (excludes halogenated alkanes) is 3. The second-order valence-corrected chi connectivity index (χ2v) is 5.89. The second kappa shape index (κ2) is 14.0. The summed E-state index contributed by atoms with van der Waals surface area (Å²) in [5.74, 6) is -0.284. The fourth-order valence-electron chi connectivity index (χ4n) is 2.46. The first-order valence-corrected chi connectivity index (χ1v) is 8.90. The maximum atomic E-state index is 11.8. The minimum Gasteiger partial charge on any atom is -0.468 e. The molecule has 1 atom stereocenters. The summed E-state index contributed by atoms with van der Waals surface area (Å²) in [6, 6.07) is -0.387. The maximum Gasteiger partial charge on any atom is 0.323 e. The number of esters is 1. The standard InChI is InChI=1S/C16H29N5O5/c1-25-16(22)15(11-14-12-18-13-20-14)19-9-6-8-17-7-4-2-3-5-10-26-21(23)24/h12-13,15,17,19H,2-11H2,1H3,(H,18,20)/t15-/m0/s1. The fourth-order valence-corrected chi connectivity index (χ4v) is 2.46. The molecular formula is C16H29N5O5. The van der Waals surface area contributed by atoms with E-state index in [0.717, 1.165) is 44.5 Å². The Bertz CT molecular complexity index is 497. The number of aromatic amines is 1. The van der Waals surface area contributed by atoms with Crippen LogP contribution in [0, 0.1) is 10.1 Å². The van der Waals surface area contributed by atoms with Crippen molar-refractivity contribution in [2.24, 2.45) is 0 Å². The van der Waals surface area contributed by atoms with Crippen molar-refractivity contribution in [2.45, 2.75) is 44.6 Å². The Hall–Kier alpha value is -2.20. The number of nitrogens with one attached hydrogen (secondary N) is 3. The summed E-state index contributed by atoms with van der Waals surface area (Å²) < 4.78 is 4.83. The molecule has 0 aromatic carbocycles. The van der Waals surface area contributed by atoms with E-state index >= 15 is 0 Å². The monoisotopic (exact) mass is 371 g/mol. The van der Waals surface area contributed by atoms with Crippen LogP contribution >= 0.6 is 0 Å². The van der Waals surface area contributed by atoms with Crippen LogP contribution in [0.5, 0.6) is 0 Å². The molecule has 1 rings (SSSR count). The highest BCUT2D eigenvalue weighted by molar-refractivity contribution is 5.75. The molecule has 0 bridgehead atoms. The van der Waals surface area contributed by atoms with E-state index in [1.165, 1.54) is 7.11 Å². The van der Waals surface area contributed by atoms with Gasteiger partial charge in [0, 0.05) is 18.3 Å². The van der Waals surface area contributed by atoms with E-state index in [1.54, 1.807) is 12.5 Å².